The van der Waals surface area contributed by atoms with Gasteiger partial charge in [0.25, 0.3) is 0 Å². The summed E-state index contributed by atoms with van der Waals surface area (Å²) in [6.07, 6.45) is 7.28. The smallest absolute Gasteiger partial charge is 0.0270 e. The molecule has 1 saturated carbocycles. The molecule has 0 aromatic carbocycles. The fourth-order valence-electron chi connectivity index (χ4n) is 1.81. The minimum atomic E-state index is 0.469. The van der Waals surface area contributed by atoms with Gasteiger partial charge in [0.05, 0.1) is 0 Å². The Hall–Kier alpha value is -0.890. The van der Waals surface area contributed by atoms with Crippen LogP contribution in [0.5, 0.6) is 0 Å². The minimum absolute atomic E-state index is 0.469. The highest BCUT2D eigenvalue weighted by atomic mass is 14.7. The zero-order chi connectivity index (χ0) is 8.39. The molecule has 0 bridgehead atoms. The van der Waals surface area contributed by atoms with Crippen molar-refractivity contribution < 1.29 is 0 Å². The molecule has 0 saturated heterocycles. The average molecular weight is 162 g/mol. The number of rotatable bonds is 2. The third-order valence-corrected chi connectivity index (χ3v) is 2.55. The molecule has 2 heteroatoms. The Balaban J connectivity index is 1.88. The van der Waals surface area contributed by atoms with Gasteiger partial charge in [-0.25, -0.2) is 0 Å². The first-order chi connectivity index (χ1) is 5.84. The Morgan fingerprint density at radius 3 is 2.58 bits per heavy atom. The van der Waals surface area contributed by atoms with E-state index in [4.69, 9.17) is 5.73 Å². The second kappa shape index (κ2) is 3.23. The van der Waals surface area contributed by atoms with Crippen LogP contribution < -0.4 is 5.73 Å². The van der Waals surface area contributed by atoms with E-state index in [0.29, 0.717) is 6.04 Å². The van der Waals surface area contributed by atoms with Crippen molar-refractivity contribution in [1.29, 1.82) is 0 Å². The van der Waals surface area contributed by atoms with Crippen molar-refractivity contribution in [1.82, 2.24) is 4.98 Å². The van der Waals surface area contributed by atoms with Crippen LogP contribution in [0.1, 0.15) is 18.4 Å². The highest BCUT2D eigenvalue weighted by Crippen LogP contribution is 2.28. The molecule has 1 heterocycles. The van der Waals surface area contributed by atoms with Gasteiger partial charge in [0, 0.05) is 18.4 Å². The highest BCUT2D eigenvalue weighted by molar-refractivity contribution is 5.11. The zero-order valence-electron chi connectivity index (χ0n) is 7.11. The maximum atomic E-state index is 5.71. The SMILES string of the molecule is NC1CC(Cc2ccncc2)C1. The fraction of sp³-hybridized carbons (Fsp3) is 0.500. The highest BCUT2D eigenvalue weighted by Gasteiger charge is 2.25. The van der Waals surface area contributed by atoms with Crippen LogP contribution in [-0.4, -0.2) is 11.0 Å². The summed E-state index contributed by atoms with van der Waals surface area (Å²) in [5, 5.41) is 0. The molecule has 1 fully saturated rings. The lowest BCUT2D eigenvalue weighted by Gasteiger charge is -2.32. The van der Waals surface area contributed by atoms with E-state index in [2.05, 4.69) is 17.1 Å². The van der Waals surface area contributed by atoms with Crippen LogP contribution in [-0.2, 0) is 6.42 Å². The van der Waals surface area contributed by atoms with Crippen LogP contribution in [0.15, 0.2) is 24.5 Å². The van der Waals surface area contributed by atoms with Crippen LogP contribution in [0.4, 0.5) is 0 Å². The second-order valence-electron chi connectivity index (χ2n) is 3.66. The maximum Gasteiger partial charge on any atom is 0.0270 e. The van der Waals surface area contributed by atoms with Gasteiger partial charge in [-0.2, -0.15) is 0 Å². The molecule has 0 amide bonds. The molecule has 1 aliphatic carbocycles. The number of hydrogen-bond acceptors (Lipinski definition) is 2. The zero-order valence-corrected chi connectivity index (χ0v) is 7.11. The van der Waals surface area contributed by atoms with Crippen molar-refractivity contribution in [2.45, 2.75) is 25.3 Å². The normalized spacial score (nSPS) is 28.1. The van der Waals surface area contributed by atoms with Gasteiger partial charge < -0.3 is 5.73 Å². The van der Waals surface area contributed by atoms with Gasteiger partial charge in [0.15, 0.2) is 0 Å². The van der Waals surface area contributed by atoms with Crippen LogP contribution in [0.25, 0.3) is 0 Å². The topological polar surface area (TPSA) is 38.9 Å². The Morgan fingerprint density at radius 1 is 1.33 bits per heavy atom. The number of aromatic nitrogens is 1. The first kappa shape index (κ1) is 7.74. The molecular weight excluding hydrogens is 148 g/mol. The van der Waals surface area contributed by atoms with Crippen LogP contribution >= 0.6 is 0 Å². The molecule has 0 atom stereocenters. The van der Waals surface area contributed by atoms with E-state index >= 15 is 0 Å². The van der Waals surface area contributed by atoms with E-state index in [0.717, 1.165) is 5.92 Å². The van der Waals surface area contributed by atoms with E-state index in [-0.39, 0.29) is 0 Å². The van der Waals surface area contributed by atoms with E-state index in [1.165, 1.54) is 24.8 Å². The minimum Gasteiger partial charge on any atom is -0.328 e. The van der Waals surface area contributed by atoms with Gasteiger partial charge in [-0.05, 0) is 42.9 Å². The van der Waals surface area contributed by atoms with Crippen molar-refractivity contribution in [3.05, 3.63) is 30.1 Å². The summed E-state index contributed by atoms with van der Waals surface area (Å²) >= 11 is 0. The van der Waals surface area contributed by atoms with Gasteiger partial charge >= 0.3 is 0 Å². The van der Waals surface area contributed by atoms with E-state index in [1.807, 2.05) is 12.4 Å². The molecular formula is C10H14N2. The van der Waals surface area contributed by atoms with Gasteiger partial charge in [0.1, 0.15) is 0 Å². The number of pyridine rings is 1. The van der Waals surface area contributed by atoms with Gasteiger partial charge in [0.2, 0.25) is 0 Å². The summed E-state index contributed by atoms with van der Waals surface area (Å²) in [6.45, 7) is 0. The van der Waals surface area contributed by atoms with Crippen molar-refractivity contribution in [3.63, 3.8) is 0 Å². The van der Waals surface area contributed by atoms with E-state index in [1.54, 1.807) is 0 Å². The van der Waals surface area contributed by atoms with Crippen LogP contribution in [0, 0.1) is 5.92 Å². The summed E-state index contributed by atoms with van der Waals surface area (Å²) in [7, 11) is 0. The summed E-state index contributed by atoms with van der Waals surface area (Å²) < 4.78 is 0. The number of nitrogens with zero attached hydrogens (tertiary/aromatic N) is 1. The fourth-order valence-corrected chi connectivity index (χ4v) is 1.81. The molecule has 2 nitrogen and oxygen atoms in total. The predicted octanol–water partition coefficient (Wildman–Crippen LogP) is 1.36. The Bertz CT molecular complexity index is 239. The Kier molecular flexibility index (Phi) is 2.09. The first-order valence-corrected chi connectivity index (χ1v) is 4.49. The van der Waals surface area contributed by atoms with Crippen LogP contribution in [0.2, 0.25) is 0 Å². The van der Waals surface area contributed by atoms with Crippen molar-refractivity contribution in [2.75, 3.05) is 0 Å². The third-order valence-electron chi connectivity index (χ3n) is 2.55. The lowest BCUT2D eigenvalue weighted by molar-refractivity contribution is 0.264. The molecule has 0 unspecified atom stereocenters. The van der Waals surface area contributed by atoms with Gasteiger partial charge in [-0.3, -0.25) is 4.98 Å². The molecule has 0 aliphatic heterocycles. The summed E-state index contributed by atoms with van der Waals surface area (Å²) in [4.78, 5) is 3.99. The maximum absolute atomic E-state index is 5.71. The second-order valence-corrected chi connectivity index (χ2v) is 3.66. The summed E-state index contributed by atoms with van der Waals surface area (Å²) in [5.74, 6) is 0.822. The van der Waals surface area contributed by atoms with Crippen molar-refractivity contribution in [2.24, 2.45) is 11.7 Å². The monoisotopic (exact) mass is 162 g/mol. The largest absolute Gasteiger partial charge is 0.328 e. The molecule has 2 rings (SSSR count). The van der Waals surface area contributed by atoms with Crippen molar-refractivity contribution >= 4 is 0 Å². The third kappa shape index (κ3) is 1.64. The van der Waals surface area contributed by atoms with Gasteiger partial charge in [-0.1, -0.05) is 0 Å². The molecule has 0 radical (unpaired) electrons. The first-order valence-electron chi connectivity index (χ1n) is 4.49. The number of hydrogen-bond donors (Lipinski definition) is 1. The molecule has 1 aromatic heterocycles. The molecule has 64 valence electrons. The Labute approximate surface area is 72.8 Å². The lowest BCUT2D eigenvalue weighted by Crippen LogP contribution is -2.37. The standard InChI is InChI=1S/C10H14N2/c11-10-6-9(7-10)5-8-1-3-12-4-2-8/h1-4,9-10H,5-7,11H2. The Morgan fingerprint density at radius 2 is 2.00 bits per heavy atom. The van der Waals surface area contributed by atoms with Crippen LogP contribution in [0.3, 0.4) is 0 Å². The molecule has 2 N–H and O–H groups in total. The summed E-state index contributed by atoms with van der Waals surface area (Å²) in [6, 6.07) is 4.64. The quantitative estimate of drug-likeness (QED) is 0.713. The van der Waals surface area contributed by atoms with E-state index < -0.39 is 0 Å². The van der Waals surface area contributed by atoms with Gasteiger partial charge in [-0.15, -0.1) is 0 Å². The lowest BCUT2D eigenvalue weighted by atomic mass is 9.77. The molecule has 0 spiro atoms. The van der Waals surface area contributed by atoms with Crippen molar-refractivity contribution in [3.8, 4) is 0 Å². The molecule has 12 heavy (non-hydrogen) atoms. The molecule has 1 aromatic rings. The number of nitrogens with two attached hydrogens (primary N) is 1. The van der Waals surface area contributed by atoms with E-state index in [9.17, 15) is 0 Å². The molecule has 1 aliphatic rings. The average Bonchev–Trinajstić information content (AvgIpc) is 2.04. The predicted molar refractivity (Wildman–Crippen MR) is 48.6 cm³/mol. The summed E-state index contributed by atoms with van der Waals surface area (Å²) in [5.41, 5.74) is 7.10.